The molecule has 1 aromatic rings. The van der Waals surface area contributed by atoms with E-state index in [4.69, 9.17) is 14.2 Å². The van der Waals surface area contributed by atoms with Crippen molar-refractivity contribution >= 4 is 40.3 Å². The number of ether oxygens (including phenoxy) is 3. The van der Waals surface area contributed by atoms with E-state index in [-0.39, 0.29) is 24.2 Å². The Labute approximate surface area is 161 Å². The number of benzene rings is 1. The molecule has 144 valence electrons. The van der Waals surface area contributed by atoms with Crippen LogP contribution in [0.3, 0.4) is 0 Å². The van der Waals surface area contributed by atoms with E-state index in [2.05, 4.69) is 9.98 Å². The lowest BCUT2D eigenvalue weighted by Gasteiger charge is -2.27. The summed E-state index contributed by atoms with van der Waals surface area (Å²) < 4.78 is 16.0. The number of amides is 1. The molecule has 0 saturated carbocycles. The van der Waals surface area contributed by atoms with Gasteiger partial charge in [-0.15, -0.1) is 0 Å². The van der Waals surface area contributed by atoms with E-state index in [1.165, 1.54) is 26.0 Å². The Kier molecular flexibility index (Phi) is 5.14. The van der Waals surface area contributed by atoms with Crippen LogP contribution in [0.5, 0.6) is 11.5 Å². The summed E-state index contributed by atoms with van der Waals surface area (Å²) in [7, 11) is 3.08. The van der Waals surface area contributed by atoms with Crippen LogP contribution >= 0.6 is 11.8 Å². The van der Waals surface area contributed by atoms with Gasteiger partial charge in [0.2, 0.25) is 0 Å². The third-order valence-electron chi connectivity index (χ3n) is 3.71. The average Bonchev–Trinajstić information content (AvgIpc) is 2.98. The summed E-state index contributed by atoms with van der Waals surface area (Å²) in [6.07, 6.45) is 0. The Balaban J connectivity index is 1.92. The fourth-order valence-corrected chi connectivity index (χ4v) is 3.47. The lowest BCUT2D eigenvalue weighted by Crippen LogP contribution is -2.36. The van der Waals surface area contributed by atoms with Gasteiger partial charge < -0.3 is 14.2 Å². The van der Waals surface area contributed by atoms with Crippen LogP contribution in [-0.4, -0.2) is 59.9 Å². The maximum atomic E-state index is 12.0. The minimum atomic E-state index is -0.557. The molecule has 0 atom stereocenters. The number of methoxy groups -OCH3 is 2. The van der Waals surface area contributed by atoms with Gasteiger partial charge in [-0.3, -0.25) is 14.5 Å². The van der Waals surface area contributed by atoms with Crippen LogP contribution < -0.4 is 9.47 Å². The first kappa shape index (κ1) is 19.2. The molecule has 0 N–H and O–H groups in total. The number of rotatable bonds is 4. The van der Waals surface area contributed by atoms with Gasteiger partial charge in [0.05, 0.1) is 25.7 Å². The number of hydrogen-bond acceptors (Lipinski definition) is 8. The second kappa shape index (κ2) is 7.22. The molecule has 0 bridgehead atoms. The first-order valence-electron chi connectivity index (χ1n) is 8.30. The van der Waals surface area contributed by atoms with Gasteiger partial charge >= 0.3 is 5.97 Å². The molecular weight excluding hydrogens is 370 g/mol. The van der Waals surface area contributed by atoms with Crippen molar-refractivity contribution in [2.75, 3.05) is 26.5 Å². The molecule has 9 heteroatoms. The van der Waals surface area contributed by atoms with Crippen LogP contribution in [0, 0.1) is 0 Å². The zero-order valence-corrected chi connectivity index (χ0v) is 16.7. The third kappa shape index (κ3) is 4.08. The van der Waals surface area contributed by atoms with Gasteiger partial charge in [0.15, 0.2) is 16.7 Å². The molecule has 0 radical (unpaired) electrons. The highest BCUT2D eigenvalue weighted by Gasteiger charge is 2.35. The van der Waals surface area contributed by atoms with Crippen molar-refractivity contribution < 1.29 is 23.8 Å². The fraction of sp³-hybridized carbons (Fsp3) is 0.444. The summed E-state index contributed by atoms with van der Waals surface area (Å²) in [6, 6.07) is 3.47. The number of hydrogen-bond donors (Lipinski definition) is 0. The number of nitrogens with zero attached hydrogens (tertiary/aromatic N) is 3. The monoisotopic (exact) mass is 391 g/mol. The molecule has 0 aliphatic carbocycles. The van der Waals surface area contributed by atoms with Crippen molar-refractivity contribution in [2.45, 2.75) is 26.4 Å². The largest absolute Gasteiger partial charge is 0.493 e. The standard InChI is InChI=1S/C18H21N3O5S/c1-18(2,3)26-15(23)9-27-17-19-11-7-13(25-5)12(24-4)6-10(11)16-20-14(22)8-21(16)17/h6-7H,8-9H2,1-5H3. The molecule has 0 unspecified atom stereocenters. The minimum absolute atomic E-state index is 0.0801. The van der Waals surface area contributed by atoms with E-state index in [9.17, 15) is 9.59 Å². The van der Waals surface area contributed by atoms with Crippen molar-refractivity contribution in [1.29, 1.82) is 0 Å². The lowest BCUT2D eigenvalue weighted by atomic mass is 10.1. The van der Waals surface area contributed by atoms with Gasteiger partial charge in [-0.1, -0.05) is 11.8 Å². The van der Waals surface area contributed by atoms with E-state index in [0.717, 1.165) is 0 Å². The number of carbonyl (C=O) groups is 2. The molecular formula is C18H21N3O5S. The Morgan fingerprint density at radius 3 is 2.48 bits per heavy atom. The number of carbonyl (C=O) groups excluding carboxylic acids is 2. The van der Waals surface area contributed by atoms with Gasteiger partial charge in [0, 0.05) is 11.6 Å². The van der Waals surface area contributed by atoms with Crippen molar-refractivity contribution in [3.8, 4) is 11.5 Å². The minimum Gasteiger partial charge on any atom is -0.493 e. The highest BCUT2D eigenvalue weighted by molar-refractivity contribution is 8.14. The molecule has 1 aromatic carbocycles. The van der Waals surface area contributed by atoms with Gasteiger partial charge in [-0.2, -0.15) is 4.99 Å². The zero-order valence-electron chi connectivity index (χ0n) is 15.9. The first-order valence-corrected chi connectivity index (χ1v) is 9.29. The first-order chi connectivity index (χ1) is 12.7. The normalized spacial score (nSPS) is 15.6. The summed E-state index contributed by atoms with van der Waals surface area (Å²) in [5.74, 6) is 1.01. The van der Waals surface area contributed by atoms with Gasteiger partial charge in [0.1, 0.15) is 18.0 Å². The Hall–Kier alpha value is -2.55. The van der Waals surface area contributed by atoms with Crippen molar-refractivity contribution in [3.63, 3.8) is 0 Å². The predicted octanol–water partition coefficient (Wildman–Crippen LogP) is 2.37. The van der Waals surface area contributed by atoms with Crippen LogP contribution in [0.1, 0.15) is 26.3 Å². The van der Waals surface area contributed by atoms with Crippen LogP contribution in [0.25, 0.3) is 0 Å². The fourth-order valence-electron chi connectivity index (χ4n) is 2.70. The number of aliphatic imine (C=N–C) groups is 2. The highest BCUT2D eigenvalue weighted by atomic mass is 32.2. The molecule has 2 aliphatic heterocycles. The second-order valence-corrected chi connectivity index (χ2v) is 7.85. The Morgan fingerprint density at radius 1 is 1.19 bits per heavy atom. The summed E-state index contributed by atoms with van der Waals surface area (Å²) in [5.41, 5.74) is 0.725. The van der Waals surface area contributed by atoms with E-state index in [1.54, 1.807) is 17.0 Å². The van der Waals surface area contributed by atoms with Crippen LogP contribution in [0.2, 0.25) is 0 Å². The highest BCUT2D eigenvalue weighted by Crippen LogP contribution is 2.39. The van der Waals surface area contributed by atoms with Crippen molar-refractivity contribution in [3.05, 3.63) is 17.7 Å². The van der Waals surface area contributed by atoms with Gasteiger partial charge in [-0.25, -0.2) is 4.99 Å². The van der Waals surface area contributed by atoms with E-state index >= 15 is 0 Å². The lowest BCUT2D eigenvalue weighted by molar-refractivity contribution is -0.151. The van der Waals surface area contributed by atoms with E-state index in [1.807, 2.05) is 20.8 Å². The molecule has 0 aromatic heterocycles. The second-order valence-electron chi connectivity index (χ2n) is 6.91. The van der Waals surface area contributed by atoms with Crippen LogP contribution in [0.4, 0.5) is 5.69 Å². The summed E-state index contributed by atoms with van der Waals surface area (Å²) >= 11 is 1.21. The number of amidine groups is 2. The van der Waals surface area contributed by atoms with E-state index in [0.29, 0.717) is 33.8 Å². The number of thioether (sulfide) groups is 1. The summed E-state index contributed by atoms with van der Waals surface area (Å²) in [5, 5.41) is 0.519. The SMILES string of the molecule is COc1cc2c(cc1OC)C1=NC(=O)CN1C(SCC(=O)OC(C)(C)C)=N2. The summed E-state index contributed by atoms with van der Waals surface area (Å²) in [4.78, 5) is 34.4. The maximum Gasteiger partial charge on any atom is 0.316 e. The molecule has 0 saturated heterocycles. The number of fused-ring (bicyclic) bond motifs is 3. The molecule has 2 aliphatic rings. The topological polar surface area (TPSA) is 89.8 Å². The predicted molar refractivity (Wildman–Crippen MR) is 103 cm³/mol. The zero-order chi connectivity index (χ0) is 19.8. The molecule has 0 spiro atoms. The molecule has 3 rings (SSSR count). The molecule has 27 heavy (non-hydrogen) atoms. The van der Waals surface area contributed by atoms with Crippen molar-refractivity contribution in [2.24, 2.45) is 9.98 Å². The van der Waals surface area contributed by atoms with Crippen LogP contribution in [-0.2, 0) is 14.3 Å². The molecule has 8 nitrogen and oxygen atoms in total. The quantitative estimate of drug-likeness (QED) is 0.728. The smallest absolute Gasteiger partial charge is 0.316 e. The third-order valence-corrected chi connectivity index (χ3v) is 4.66. The van der Waals surface area contributed by atoms with Crippen LogP contribution in [0.15, 0.2) is 22.1 Å². The van der Waals surface area contributed by atoms with Crippen molar-refractivity contribution in [1.82, 2.24) is 4.90 Å². The molecule has 0 fully saturated rings. The van der Waals surface area contributed by atoms with Gasteiger partial charge in [-0.05, 0) is 26.8 Å². The maximum absolute atomic E-state index is 12.0. The average molecular weight is 391 g/mol. The number of esters is 1. The summed E-state index contributed by atoms with van der Waals surface area (Å²) in [6.45, 7) is 5.53. The molecule has 2 heterocycles. The van der Waals surface area contributed by atoms with E-state index < -0.39 is 5.60 Å². The molecule has 1 amide bonds. The Morgan fingerprint density at radius 2 is 1.85 bits per heavy atom. The Bertz CT molecular complexity index is 857. The van der Waals surface area contributed by atoms with Gasteiger partial charge in [0.25, 0.3) is 5.91 Å².